The van der Waals surface area contributed by atoms with Crippen LogP contribution in [-0.4, -0.2) is 24.5 Å². The summed E-state index contributed by atoms with van der Waals surface area (Å²) in [5, 5.41) is 0.279. The summed E-state index contributed by atoms with van der Waals surface area (Å²) < 4.78 is 30.8. The Morgan fingerprint density at radius 2 is 1.69 bits per heavy atom. The van der Waals surface area contributed by atoms with Gasteiger partial charge in [-0.15, -0.1) is 0 Å². The zero-order chi connectivity index (χ0) is 25.3. The number of halogens is 3. The molecule has 0 unspecified atom stereocenters. The van der Waals surface area contributed by atoms with E-state index in [2.05, 4.69) is 15.9 Å². The Balaban J connectivity index is 1.53. The van der Waals surface area contributed by atoms with Crippen LogP contribution in [0.5, 0.6) is 5.75 Å². The van der Waals surface area contributed by atoms with Gasteiger partial charge in [-0.05, 0) is 82.7 Å². The van der Waals surface area contributed by atoms with Crippen LogP contribution >= 0.6 is 50.9 Å². The van der Waals surface area contributed by atoms with Crippen molar-refractivity contribution in [2.24, 2.45) is 0 Å². The van der Waals surface area contributed by atoms with Gasteiger partial charge in [0, 0.05) is 15.6 Å². The number of nitrogens with zero attached hydrogens (tertiary/aromatic N) is 1. The number of rotatable bonds is 6. The monoisotopic (exact) mass is 611 g/mol. The van der Waals surface area contributed by atoms with Gasteiger partial charge in [-0.25, -0.2) is 0 Å². The molecule has 1 fully saturated rings. The maximum absolute atomic E-state index is 12.9. The van der Waals surface area contributed by atoms with Crippen LogP contribution < -0.4 is 4.18 Å². The van der Waals surface area contributed by atoms with Crippen molar-refractivity contribution < 1.29 is 22.2 Å². The first-order valence-electron chi connectivity index (χ1n) is 10.0. The fourth-order valence-corrected chi connectivity index (χ4v) is 6.06. The van der Waals surface area contributed by atoms with Crippen molar-refractivity contribution in [3.05, 3.63) is 96.8 Å². The number of imide groups is 1. The molecule has 0 atom stereocenters. The Kier molecular flexibility index (Phi) is 7.63. The number of hydrogen-bond acceptors (Lipinski definition) is 6. The topological polar surface area (TPSA) is 80.8 Å². The molecule has 0 aliphatic carbocycles. The summed E-state index contributed by atoms with van der Waals surface area (Å²) in [6, 6.07) is 15.9. The van der Waals surface area contributed by atoms with Crippen LogP contribution in [0.1, 0.15) is 16.7 Å². The molecule has 1 saturated heterocycles. The first-order chi connectivity index (χ1) is 16.5. The molecule has 6 nitrogen and oxygen atoms in total. The summed E-state index contributed by atoms with van der Waals surface area (Å²) in [6.07, 6.45) is 1.54. The molecular weight excluding hydrogens is 597 g/mol. The van der Waals surface area contributed by atoms with Gasteiger partial charge in [0.25, 0.3) is 11.1 Å². The molecule has 35 heavy (non-hydrogen) atoms. The minimum Gasteiger partial charge on any atom is -0.378 e. The molecule has 0 spiro atoms. The number of hydrogen-bond donors (Lipinski definition) is 0. The number of carbonyl (C=O) groups excluding carboxylic acids is 2. The van der Waals surface area contributed by atoms with Crippen molar-refractivity contribution in [2.75, 3.05) is 0 Å². The lowest BCUT2D eigenvalue weighted by atomic mass is 10.2. The predicted molar refractivity (Wildman–Crippen MR) is 141 cm³/mol. The lowest BCUT2D eigenvalue weighted by Crippen LogP contribution is -2.27. The molecule has 3 aromatic rings. The molecule has 1 aliphatic heterocycles. The average molecular weight is 613 g/mol. The first kappa shape index (κ1) is 25.8. The van der Waals surface area contributed by atoms with Crippen LogP contribution in [0, 0.1) is 6.92 Å². The SMILES string of the molecule is Cc1ccc(S(=O)(=O)Oc2ccc(/C=C3\SC(=O)N(Cc4c(Cl)cccc4Cl)C3=O)cc2Br)cc1. The quantitative estimate of drug-likeness (QED) is 0.219. The lowest BCUT2D eigenvalue weighted by Gasteiger charge is -2.14. The van der Waals surface area contributed by atoms with Gasteiger partial charge >= 0.3 is 10.1 Å². The number of benzene rings is 3. The standard InChI is InChI=1S/C24H16BrCl2NO5S2/c1-14-5-8-16(9-6-14)35(31,32)33-21-10-7-15(11-18(21)25)12-22-23(29)28(24(30)34-22)13-17-19(26)3-2-4-20(17)27/h2-12H,13H2,1H3/b22-12-. The van der Waals surface area contributed by atoms with Gasteiger partial charge in [0.1, 0.15) is 4.90 Å². The molecule has 4 rings (SSSR count). The van der Waals surface area contributed by atoms with Crippen molar-refractivity contribution in [1.82, 2.24) is 4.90 Å². The van der Waals surface area contributed by atoms with E-state index in [9.17, 15) is 18.0 Å². The van der Waals surface area contributed by atoms with E-state index < -0.39 is 21.3 Å². The second-order valence-corrected chi connectivity index (χ2v) is 11.7. The van der Waals surface area contributed by atoms with Gasteiger partial charge in [0.05, 0.1) is 15.9 Å². The molecule has 0 saturated carbocycles. The number of carbonyl (C=O) groups is 2. The number of thioether (sulfide) groups is 1. The smallest absolute Gasteiger partial charge is 0.339 e. The average Bonchev–Trinajstić information content (AvgIpc) is 3.05. The largest absolute Gasteiger partial charge is 0.378 e. The first-order valence-corrected chi connectivity index (χ1v) is 13.8. The van der Waals surface area contributed by atoms with Gasteiger partial charge < -0.3 is 4.18 Å². The Morgan fingerprint density at radius 3 is 2.31 bits per heavy atom. The second-order valence-electron chi connectivity index (χ2n) is 7.51. The Morgan fingerprint density at radius 1 is 1.03 bits per heavy atom. The Labute approximate surface area is 225 Å². The fraction of sp³-hybridized carbons (Fsp3) is 0.0833. The van der Waals surface area contributed by atoms with Crippen molar-refractivity contribution in [3.8, 4) is 5.75 Å². The zero-order valence-electron chi connectivity index (χ0n) is 18.0. The second kappa shape index (κ2) is 10.4. The molecule has 0 bridgehead atoms. The molecule has 1 aliphatic rings. The molecule has 1 heterocycles. The highest BCUT2D eigenvalue weighted by Crippen LogP contribution is 2.37. The van der Waals surface area contributed by atoms with Crippen LogP contribution in [0.25, 0.3) is 6.08 Å². The van der Waals surface area contributed by atoms with Crippen molar-refractivity contribution >= 4 is 78.2 Å². The third kappa shape index (κ3) is 5.76. The maximum Gasteiger partial charge on any atom is 0.339 e. The Hall–Kier alpha value is -2.30. The van der Waals surface area contributed by atoms with Crippen molar-refractivity contribution in [1.29, 1.82) is 0 Å². The molecule has 0 radical (unpaired) electrons. The highest BCUT2D eigenvalue weighted by Gasteiger charge is 2.35. The van der Waals surface area contributed by atoms with E-state index in [0.717, 1.165) is 22.2 Å². The summed E-state index contributed by atoms with van der Waals surface area (Å²) >= 11 is 16.5. The van der Waals surface area contributed by atoms with Crippen LogP contribution in [-0.2, 0) is 21.5 Å². The van der Waals surface area contributed by atoms with Crippen LogP contribution in [0.2, 0.25) is 10.0 Å². The van der Waals surface area contributed by atoms with E-state index in [1.54, 1.807) is 48.5 Å². The van der Waals surface area contributed by atoms with Crippen LogP contribution in [0.3, 0.4) is 0 Å². The van der Waals surface area contributed by atoms with Gasteiger partial charge in [0.15, 0.2) is 5.75 Å². The number of aryl methyl sites for hydroxylation is 1. The van der Waals surface area contributed by atoms with Crippen molar-refractivity contribution in [3.63, 3.8) is 0 Å². The molecular formula is C24H16BrCl2NO5S2. The Bertz CT molecular complexity index is 1450. The van der Waals surface area contributed by atoms with Gasteiger partial charge in [-0.2, -0.15) is 8.42 Å². The van der Waals surface area contributed by atoms with Crippen LogP contribution in [0.15, 0.2) is 74.9 Å². The summed E-state index contributed by atoms with van der Waals surface area (Å²) in [5.41, 5.74) is 1.98. The van der Waals surface area contributed by atoms with E-state index in [-0.39, 0.29) is 22.1 Å². The molecule has 0 aromatic heterocycles. The van der Waals surface area contributed by atoms with Gasteiger partial charge in [0.2, 0.25) is 0 Å². The third-order valence-electron chi connectivity index (χ3n) is 5.01. The zero-order valence-corrected chi connectivity index (χ0v) is 22.7. The van der Waals surface area contributed by atoms with E-state index in [1.165, 1.54) is 18.2 Å². The predicted octanol–water partition coefficient (Wildman–Crippen LogP) is 7.07. The maximum atomic E-state index is 12.9. The highest BCUT2D eigenvalue weighted by atomic mass is 79.9. The number of amides is 2. The van der Waals surface area contributed by atoms with E-state index in [1.807, 2.05) is 6.92 Å². The summed E-state index contributed by atoms with van der Waals surface area (Å²) in [5.74, 6) is -0.390. The van der Waals surface area contributed by atoms with Gasteiger partial charge in [-0.1, -0.05) is 53.0 Å². The van der Waals surface area contributed by atoms with E-state index in [4.69, 9.17) is 27.4 Å². The van der Waals surface area contributed by atoms with E-state index in [0.29, 0.717) is 25.6 Å². The summed E-state index contributed by atoms with van der Waals surface area (Å²) in [6.45, 7) is 1.81. The molecule has 11 heteroatoms. The lowest BCUT2D eigenvalue weighted by molar-refractivity contribution is -0.123. The molecule has 0 N–H and O–H groups in total. The highest BCUT2D eigenvalue weighted by molar-refractivity contribution is 9.10. The van der Waals surface area contributed by atoms with Gasteiger partial charge in [-0.3, -0.25) is 14.5 Å². The summed E-state index contributed by atoms with van der Waals surface area (Å²) in [4.78, 5) is 26.7. The minimum atomic E-state index is -4.02. The van der Waals surface area contributed by atoms with Crippen LogP contribution in [0.4, 0.5) is 4.79 Å². The fourth-order valence-electron chi connectivity index (χ4n) is 3.17. The normalized spacial score (nSPS) is 15.2. The third-order valence-corrected chi connectivity index (χ3v) is 8.50. The molecule has 180 valence electrons. The minimum absolute atomic E-state index is 0.0337. The molecule has 2 amide bonds. The summed E-state index contributed by atoms with van der Waals surface area (Å²) in [7, 11) is -4.02. The molecule has 3 aromatic carbocycles. The van der Waals surface area contributed by atoms with E-state index >= 15 is 0 Å². The van der Waals surface area contributed by atoms with Crippen molar-refractivity contribution in [2.45, 2.75) is 18.4 Å².